The normalized spacial score (nSPS) is 14.7. The monoisotopic (exact) mass is 437 g/mol. The van der Waals surface area contributed by atoms with E-state index in [9.17, 15) is 14.4 Å². The van der Waals surface area contributed by atoms with Gasteiger partial charge in [-0.25, -0.2) is 4.79 Å². The summed E-state index contributed by atoms with van der Waals surface area (Å²) in [5.74, 6) is -1.32. The highest BCUT2D eigenvalue weighted by atomic mass is 16.6. The van der Waals surface area contributed by atoms with Gasteiger partial charge in [0.25, 0.3) is 0 Å². The highest BCUT2D eigenvalue weighted by Crippen LogP contribution is 2.44. The number of nitrogens with one attached hydrogen (secondary N) is 1. The quantitative estimate of drug-likeness (QED) is 0.626. The standard InChI is InChI=1S/C26H31NO5/c1-16(24(29)32-26(3,4)5)14-23(28)17(2)27-25(30)31-15-22-20-12-8-6-10-18(20)19-11-7-9-13-21(19)22/h6-13,16-17,22H,14-15H2,1-5H3,(H,27,30). The molecule has 0 aliphatic heterocycles. The van der Waals surface area contributed by atoms with Crippen LogP contribution in [0.15, 0.2) is 48.5 Å². The average molecular weight is 438 g/mol. The molecule has 1 aliphatic carbocycles. The van der Waals surface area contributed by atoms with Crippen LogP contribution in [0.25, 0.3) is 11.1 Å². The van der Waals surface area contributed by atoms with Crippen LogP contribution in [0.5, 0.6) is 0 Å². The summed E-state index contributed by atoms with van der Waals surface area (Å²) in [5, 5.41) is 2.58. The fourth-order valence-electron chi connectivity index (χ4n) is 3.86. The van der Waals surface area contributed by atoms with Crippen LogP contribution >= 0.6 is 0 Å². The molecule has 0 fully saturated rings. The zero-order valence-corrected chi connectivity index (χ0v) is 19.3. The molecule has 3 rings (SSSR count). The maximum absolute atomic E-state index is 12.5. The van der Waals surface area contributed by atoms with Crippen molar-refractivity contribution in [3.05, 3.63) is 59.7 Å². The van der Waals surface area contributed by atoms with Gasteiger partial charge in [0.15, 0.2) is 5.78 Å². The van der Waals surface area contributed by atoms with Gasteiger partial charge >= 0.3 is 12.1 Å². The zero-order chi connectivity index (χ0) is 23.5. The number of fused-ring (bicyclic) bond motifs is 3. The van der Waals surface area contributed by atoms with Gasteiger partial charge in [0, 0.05) is 12.3 Å². The predicted octanol–water partition coefficient (Wildman–Crippen LogP) is 4.85. The first-order valence-corrected chi connectivity index (χ1v) is 10.9. The summed E-state index contributed by atoms with van der Waals surface area (Å²) in [5.41, 5.74) is 3.93. The summed E-state index contributed by atoms with van der Waals surface area (Å²) in [6.07, 6.45) is -0.669. The first-order valence-electron chi connectivity index (χ1n) is 10.9. The fourth-order valence-corrected chi connectivity index (χ4v) is 3.86. The molecule has 0 saturated heterocycles. The van der Waals surface area contributed by atoms with Crippen molar-refractivity contribution in [1.29, 1.82) is 0 Å². The molecule has 2 aromatic carbocycles. The van der Waals surface area contributed by atoms with Gasteiger partial charge in [-0.15, -0.1) is 0 Å². The summed E-state index contributed by atoms with van der Waals surface area (Å²) in [6, 6.07) is 15.4. The summed E-state index contributed by atoms with van der Waals surface area (Å²) in [6.45, 7) is 8.74. The van der Waals surface area contributed by atoms with Crippen LogP contribution in [0.4, 0.5) is 4.79 Å². The predicted molar refractivity (Wildman–Crippen MR) is 122 cm³/mol. The number of ether oxygens (including phenoxy) is 2. The van der Waals surface area contributed by atoms with E-state index in [4.69, 9.17) is 9.47 Å². The largest absolute Gasteiger partial charge is 0.460 e. The zero-order valence-electron chi connectivity index (χ0n) is 19.3. The highest BCUT2D eigenvalue weighted by molar-refractivity contribution is 5.90. The second kappa shape index (κ2) is 9.55. The van der Waals surface area contributed by atoms with Crippen molar-refractivity contribution < 1.29 is 23.9 Å². The van der Waals surface area contributed by atoms with Crippen molar-refractivity contribution in [2.24, 2.45) is 5.92 Å². The Morgan fingerprint density at radius 3 is 2.00 bits per heavy atom. The Morgan fingerprint density at radius 2 is 1.47 bits per heavy atom. The molecule has 1 aliphatic rings. The number of Topliss-reactive ketones (excluding diaryl/α,β-unsaturated/α-hetero) is 1. The molecule has 2 aromatic rings. The number of amides is 1. The molecule has 0 radical (unpaired) electrons. The molecule has 1 N–H and O–H groups in total. The Kier molecular flexibility index (Phi) is 7.02. The minimum atomic E-state index is -0.768. The third-order valence-electron chi connectivity index (χ3n) is 5.48. The van der Waals surface area contributed by atoms with Crippen molar-refractivity contribution in [3.8, 4) is 11.1 Å². The molecule has 2 atom stereocenters. The molecule has 0 spiro atoms. The molecule has 0 aromatic heterocycles. The van der Waals surface area contributed by atoms with Gasteiger partial charge in [0.05, 0.1) is 12.0 Å². The molecule has 6 heteroatoms. The van der Waals surface area contributed by atoms with Crippen LogP contribution in [0.3, 0.4) is 0 Å². The lowest BCUT2D eigenvalue weighted by atomic mass is 9.98. The lowest BCUT2D eigenvalue weighted by Gasteiger charge is -2.22. The van der Waals surface area contributed by atoms with Crippen molar-refractivity contribution in [2.75, 3.05) is 6.61 Å². The number of hydrogen-bond donors (Lipinski definition) is 1. The first kappa shape index (κ1) is 23.5. The third kappa shape index (κ3) is 5.55. The van der Waals surface area contributed by atoms with Crippen LogP contribution in [-0.4, -0.2) is 36.1 Å². The summed E-state index contributed by atoms with van der Waals surface area (Å²) >= 11 is 0. The van der Waals surface area contributed by atoms with E-state index in [0.717, 1.165) is 22.3 Å². The minimum absolute atomic E-state index is 0.0142. The summed E-state index contributed by atoms with van der Waals surface area (Å²) in [7, 11) is 0. The van der Waals surface area contributed by atoms with Crippen molar-refractivity contribution in [1.82, 2.24) is 5.32 Å². The number of carbonyl (C=O) groups excluding carboxylic acids is 3. The van der Waals surface area contributed by atoms with Gasteiger partial charge < -0.3 is 14.8 Å². The number of ketones is 1. The fraction of sp³-hybridized carbons (Fsp3) is 0.423. The lowest BCUT2D eigenvalue weighted by Crippen LogP contribution is -2.40. The average Bonchev–Trinajstić information content (AvgIpc) is 3.04. The van der Waals surface area contributed by atoms with E-state index in [2.05, 4.69) is 17.4 Å². The molecule has 32 heavy (non-hydrogen) atoms. The van der Waals surface area contributed by atoms with Crippen LogP contribution in [-0.2, 0) is 19.1 Å². The van der Waals surface area contributed by atoms with Gasteiger partial charge in [-0.1, -0.05) is 55.5 Å². The minimum Gasteiger partial charge on any atom is -0.460 e. The van der Waals surface area contributed by atoms with Gasteiger partial charge in [0.1, 0.15) is 12.2 Å². The van der Waals surface area contributed by atoms with Crippen molar-refractivity contribution in [3.63, 3.8) is 0 Å². The maximum Gasteiger partial charge on any atom is 0.407 e. The van der Waals surface area contributed by atoms with Gasteiger partial charge in [-0.2, -0.15) is 0 Å². The van der Waals surface area contributed by atoms with Crippen molar-refractivity contribution >= 4 is 17.8 Å². The van der Waals surface area contributed by atoms with Crippen molar-refractivity contribution in [2.45, 2.75) is 58.6 Å². The van der Waals surface area contributed by atoms with Gasteiger partial charge in [0.2, 0.25) is 0 Å². The molecule has 1 amide bonds. The van der Waals surface area contributed by atoms with E-state index >= 15 is 0 Å². The second-order valence-corrected chi connectivity index (χ2v) is 9.30. The van der Waals surface area contributed by atoms with E-state index in [1.165, 1.54) is 0 Å². The topological polar surface area (TPSA) is 81.7 Å². The Labute approximate surface area is 189 Å². The van der Waals surface area contributed by atoms with E-state index in [1.54, 1.807) is 34.6 Å². The maximum atomic E-state index is 12.5. The molecule has 0 heterocycles. The Morgan fingerprint density at radius 1 is 0.938 bits per heavy atom. The Hall–Kier alpha value is -3.15. The van der Waals surface area contributed by atoms with Gasteiger partial charge in [-0.3, -0.25) is 9.59 Å². The Balaban J connectivity index is 1.54. The first-order chi connectivity index (χ1) is 15.1. The number of esters is 1. The third-order valence-corrected chi connectivity index (χ3v) is 5.48. The summed E-state index contributed by atoms with van der Waals surface area (Å²) < 4.78 is 10.8. The van der Waals surface area contributed by atoms with Crippen LogP contribution in [0.2, 0.25) is 0 Å². The molecule has 2 unspecified atom stereocenters. The van der Waals surface area contributed by atoms with Gasteiger partial charge in [-0.05, 0) is 49.9 Å². The van der Waals surface area contributed by atoms with Crippen LogP contribution in [0.1, 0.15) is 58.1 Å². The van der Waals surface area contributed by atoms with E-state index in [-0.39, 0.29) is 24.7 Å². The Bertz CT molecular complexity index is 962. The van der Waals surface area contributed by atoms with E-state index < -0.39 is 29.6 Å². The molecule has 170 valence electrons. The highest BCUT2D eigenvalue weighted by Gasteiger charge is 2.30. The number of benzene rings is 2. The van der Waals surface area contributed by atoms with E-state index in [0.29, 0.717) is 0 Å². The number of carbonyl (C=O) groups is 3. The van der Waals surface area contributed by atoms with Crippen LogP contribution < -0.4 is 5.32 Å². The molecule has 6 nitrogen and oxygen atoms in total. The lowest BCUT2D eigenvalue weighted by molar-refractivity contribution is -0.160. The number of alkyl carbamates (subject to hydrolysis) is 1. The van der Waals surface area contributed by atoms with Crippen LogP contribution in [0, 0.1) is 5.92 Å². The molecular weight excluding hydrogens is 406 g/mol. The SMILES string of the molecule is CC(CC(=O)C(C)NC(=O)OCC1c2ccccc2-c2ccccc21)C(=O)OC(C)(C)C. The number of hydrogen-bond acceptors (Lipinski definition) is 5. The molecule has 0 bridgehead atoms. The van der Waals surface area contributed by atoms with E-state index in [1.807, 2.05) is 36.4 Å². The smallest absolute Gasteiger partial charge is 0.407 e. The second-order valence-electron chi connectivity index (χ2n) is 9.30. The summed E-state index contributed by atoms with van der Waals surface area (Å²) in [4.78, 5) is 36.9. The number of rotatable bonds is 7. The molecule has 0 saturated carbocycles. The molecular formula is C26H31NO5.